The van der Waals surface area contributed by atoms with Gasteiger partial charge in [-0.3, -0.25) is 9.00 Å². The van der Waals surface area contributed by atoms with Gasteiger partial charge in [0.15, 0.2) is 5.75 Å². The Kier molecular flexibility index (Phi) is 6.64. The lowest BCUT2D eigenvalue weighted by molar-refractivity contribution is 0.0956. The van der Waals surface area contributed by atoms with E-state index in [4.69, 9.17) is 15.4 Å². The monoisotopic (exact) mass is 417 g/mol. The first-order valence-electron chi connectivity index (χ1n) is 5.57. The number of hydrogen-bond donors (Lipinski definition) is 1. The molecule has 0 fully saturated rings. The molecule has 1 N–H and O–H groups in total. The lowest BCUT2D eigenvalue weighted by atomic mass is 10.2. The van der Waals surface area contributed by atoms with Gasteiger partial charge in [0.25, 0.3) is 15.0 Å². The summed E-state index contributed by atoms with van der Waals surface area (Å²) in [6, 6.07) is 2.55. The van der Waals surface area contributed by atoms with Crippen molar-refractivity contribution >= 4 is 52.4 Å². The molecule has 1 aromatic rings. The second kappa shape index (κ2) is 7.57. The Hall–Kier alpha value is -0.640. The third-order valence-corrected chi connectivity index (χ3v) is 5.11. The molecule has 0 spiro atoms. The van der Waals surface area contributed by atoms with Crippen LogP contribution < -0.4 is 10.1 Å². The summed E-state index contributed by atoms with van der Waals surface area (Å²) in [5.74, 6) is -0.162. The number of hydrogen-bond acceptors (Lipinski definition) is 5. The van der Waals surface area contributed by atoms with E-state index in [-0.39, 0.29) is 27.2 Å². The SMILES string of the molecule is COc1c(Br)cc(C(=O)NCCS(C)=O)cc1S(=O)(=O)Cl. The number of amides is 1. The molecule has 0 aromatic heterocycles. The molecule has 0 radical (unpaired) electrons. The molecule has 1 unspecified atom stereocenters. The third-order valence-electron chi connectivity index (χ3n) is 2.41. The third kappa shape index (κ3) is 5.24. The number of nitrogens with one attached hydrogen (secondary N) is 1. The second-order valence-corrected chi connectivity index (χ2v) is 8.90. The Morgan fingerprint density at radius 3 is 2.57 bits per heavy atom. The van der Waals surface area contributed by atoms with E-state index in [1.807, 2.05) is 0 Å². The van der Waals surface area contributed by atoms with Crippen LogP contribution in [0.5, 0.6) is 5.75 Å². The molecule has 0 aliphatic carbocycles. The lowest BCUT2D eigenvalue weighted by Crippen LogP contribution is -2.27. The predicted molar refractivity (Wildman–Crippen MR) is 85.0 cm³/mol. The molecular weight excluding hydrogens is 406 g/mol. The minimum atomic E-state index is -4.07. The topological polar surface area (TPSA) is 89.5 Å². The first kappa shape index (κ1) is 18.4. The standard InChI is InChI=1S/C11H13BrClNO5S2/c1-19-10-8(12)5-7(6-9(10)21(13,17)18)11(15)14-3-4-20(2)16/h5-6H,3-4H2,1-2H3,(H,14,15). The largest absolute Gasteiger partial charge is 0.494 e. The molecule has 10 heteroatoms. The van der Waals surface area contributed by atoms with Crippen LogP contribution in [-0.2, 0) is 19.9 Å². The van der Waals surface area contributed by atoms with Gasteiger partial charge < -0.3 is 10.1 Å². The number of ether oxygens (including phenoxy) is 1. The molecule has 1 atom stereocenters. The maximum Gasteiger partial charge on any atom is 0.265 e. The molecule has 1 amide bonds. The van der Waals surface area contributed by atoms with E-state index in [2.05, 4.69) is 21.2 Å². The van der Waals surface area contributed by atoms with Crippen molar-refractivity contribution in [2.45, 2.75) is 4.90 Å². The van der Waals surface area contributed by atoms with E-state index >= 15 is 0 Å². The minimum Gasteiger partial charge on any atom is -0.494 e. The molecule has 0 aliphatic rings. The van der Waals surface area contributed by atoms with Crippen molar-refractivity contribution in [3.05, 3.63) is 22.2 Å². The fourth-order valence-electron chi connectivity index (χ4n) is 1.49. The minimum absolute atomic E-state index is 0.0243. The quantitative estimate of drug-likeness (QED) is 0.707. The van der Waals surface area contributed by atoms with Gasteiger partial charge in [-0.2, -0.15) is 0 Å². The zero-order chi connectivity index (χ0) is 16.2. The highest BCUT2D eigenvalue weighted by Crippen LogP contribution is 2.35. The van der Waals surface area contributed by atoms with Gasteiger partial charge in [-0.15, -0.1) is 0 Å². The molecular formula is C11H13BrClNO5S2. The molecule has 118 valence electrons. The van der Waals surface area contributed by atoms with E-state index in [0.717, 1.165) is 6.07 Å². The Balaban J connectivity index is 3.13. The highest BCUT2D eigenvalue weighted by molar-refractivity contribution is 9.10. The lowest BCUT2D eigenvalue weighted by Gasteiger charge is -2.11. The van der Waals surface area contributed by atoms with Crippen molar-refractivity contribution in [2.75, 3.05) is 25.7 Å². The number of carbonyl (C=O) groups excluding carboxylic acids is 1. The van der Waals surface area contributed by atoms with Crippen LogP contribution in [0.1, 0.15) is 10.4 Å². The Morgan fingerprint density at radius 2 is 2.10 bits per heavy atom. The summed E-state index contributed by atoms with van der Waals surface area (Å²) in [5.41, 5.74) is 0.101. The van der Waals surface area contributed by atoms with Crippen LogP contribution in [0.3, 0.4) is 0 Å². The van der Waals surface area contributed by atoms with Crippen molar-refractivity contribution in [1.29, 1.82) is 0 Å². The van der Waals surface area contributed by atoms with Gasteiger partial charge in [-0.25, -0.2) is 8.42 Å². The first-order chi connectivity index (χ1) is 9.66. The van der Waals surface area contributed by atoms with Gasteiger partial charge in [-0.05, 0) is 28.1 Å². The zero-order valence-electron chi connectivity index (χ0n) is 11.2. The summed E-state index contributed by atoms with van der Waals surface area (Å²) in [5, 5.41) is 2.54. The fourth-order valence-corrected chi connectivity index (χ4v) is 3.66. The average molecular weight is 419 g/mol. The van der Waals surface area contributed by atoms with Gasteiger partial charge in [0.05, 0.1) is 11.6 Å². The molecule has 21 heavy (non-hydrogen) atoms. The highest BCUT2D eigenvalue weighted by Gasteiger charge is 2.22. The average Bonchev–Trinajstić information content (AvgIpc) is 2.36. The first-order valence-corrected chi connectivity index (χ1v) is 10.4. The maximum absolute atomic E-state index is 11.9. The fraction of sp³-hybridized carbons (Fsp3) is 0.364. The van der Waals surface area contributed by atoms with Crippen LogP contribution in [0.4, 0.5) is 0 Å². The van der Waals surface area contributed by atoms with Crippen molar-refractivity contribution in [2.24, 2.45) is 0 Å². The van der Waals surface area contributed by atoms with Crippen molar-refractivity contribution in [1.82, 2.24) is 5.32 Å². The maximum atomic E-state index is 11.9. The summed E-state index contributed by atoms with van der Waals surface area (Å²) in [6.45, 7) is 0.217. The summed E-state index contributed by atoms with van der Waals surface area (Å²) >= 11 is 3.13. The number of benzene rings is 1. The second-order valence-electron chi connectivity index (χ2n) is 3.96. The normalized spacial score (nSPS) is 12.8. The molecule has 0 bridgehead atoms. The van der Waals surface area contributed by atoms with Gasteiger partial charge in [0.2, 0.25) is 0 Å². The number of rotatable bonds is 6. The predicted octanol–water partition coefficient (Wildman–Crippen LogP) is 1.49. The van der Waals surface area contributed by atoms with Crippen LogP contribution in [0.15, 0.2) is 21.5 Å². The summed E-state index contributed by atoms with van der Waals surface area (Å²) < 4.78 is 39.3. The van der Waals surface area contributed by atoms with Crippen LogP contribution in [0, 0.1) is 0 Å². The smallest absolute Gasteiger partial charge is 0.265 e. The van der Waals surface area contributed by atoms with Crippen LogP contribution in [0.25, 0.3) is 0 Å². The van der Waals surface area contributed by atoms with E-state index in [1.54, 1.807) is 0 Å². The van der Waals surface area contributed by atoms with E-state index in [9.17, 15) is 17.4 Å². The van der Waals surface area contributed by atoms with Gasteiger partial charge in [-0.1, -0.05) is 0 Å². The molecule has 0 aliphatic heterocycles. The van der Waals surface area contributed by atoms with Crippen molar-refractivity contribution < 1.29 is 22.2 Å². The van der Waals surface area contributed by atoms with Gasteiger partial charge in [0, 0.05) is 45.6 Å². The molecule has 0 saturated heterocycles. The number of halogens is 2. The molecule has 1 rings (SSSR count). The number of methoxy groups -OCH3 is 1. The van der Waals surface area contributed by atoms with Gasteiger partial charge >= 0.3 is 0 Å². The Bertz CT molecular complexity index is 677. The zero-order valence-corrected chi connectivity index (χ0v) is 15.2. The highest BCUT2D eigenvalue weighted by atomic mass is 79.9. The summed E-state index contributed by atoms with van der Waals surface area (Å²) in [6.07, 6.45) is 1.52. The molecule has 1 aromatic carbocycles. The van der Waals surface area contributed by atoms with Crippen molar-refractivity contribution in [3.63, 3.8) is 0 Å². The summed E-state index contributed by atoms with van der Waals surface area (Å²) in [7, 11) is 1.53. The molecule has 0 saturated carbocycles. The van der Waals surface area contributed by atoms with Crippen molar-refractivity contribution in [3.8, 4) is 5.75 Å². The van der Waals surface area contributed by atoms with Crippen LogP contribution in [0.2, 0.25) is 0 Å². The molecule has 6 nitrogen and oxygen atoms in total. The van der Waals surface area contributed by atoms with Crippen LogP contribution >= 0.6 is 26.6 Å². The van der Waals surface area contributed by atoms with E-state index in [1.165, 1.54) is 19.4 Å². The Morgan fingerprint density at radius 1 is 1.48 bits per heavy atom. The Labute approximate surface area is 138 Å². The van der Waals surface area contributed by atoms with E-state index < -0.39 is 25.8 Å². The van der Waals surface area contributed by atoms with Crippen LogP contribution in [-0.4, -0.2) is 44.2 Å². The van der Waals surface area contributed by atoms with Gasteiger partial charge in [0.1, 0.15) is 4.90 Å². The number of carbonyl (C=O) groups is 1. The molecule has 0 heterocycles. The summed E-state index contributed by atoms with van der Waals surface area (Å²) in [4.78, 5) is 11.6. The van der Waals surface area contributed by atoms with E-state index in [0.29, 0.717) is 5.75 Å².